The van der Waals surface area contributed by atoms with Crippen LogP contribution in [0.2, 0.25) is 0 Å². The molecular formula is C24H28N4O. The van der Waals surface area contributed by atoms with Gasteiger partial charge < -0.3 is 14.6 Å². The smallest absolute Gasteiger partial charge is 0.227 e. The molecule has 1 unspecified atom stereocenters. The molecule has 1 saturated heterocycles. The summed E-state index contributed by atoms with van der Waals surface area (Å²) in [7, 11) is 0. The van der Waals surface area contributed by atoms with Crippen LogP contribution in [-0.2, 0) is 17.6 Å². The van der Waals surface area contributed by atoms with Gasteiger partial charge in [0.15, 0.2) is 0 Å². The van der Waals surface area contributed by atoms with Gasteiger partial charge in [0, 0.05) is 48.7 Å². The van der Waals surface area contributed by atoms with Gasteiger partial charge in [0.25, 0.3) is 0 Å². The summed E-state index contributed by atoms with van der Waals surface area (Å²) in [6.07, 6.45) is 8.46. The number of carbonyl (C=O) groups excluding carboxylic acids is 1. The van der Waals surface area contributed by atoms with Gasteiger partial charge in [-0.15, -0.1) is 0 Å². The minimum absolute atomic E-state index is 0.00955. The second-order valence-corrected chi connectivity index (χ2v) is 8.46. The number of nitrogens with one attached hydrogen (secondary N) is 1. The average Bonchev–Trinajstić information content (AvgIpc) is 3.12. The zero-order valence-corrected chi connectivity index (χ0v) is 17.0. The van der Waals surface area contributed by atoms with E-state index in [1.165, 1.54) is 36.2 Å². The molecule has 0 radical (unpaired) electrons. The second kappa shape index (κ2) is 7.54. The van der Waals surface area contributed by atoms with Crippen molar-refractivity contribution in [2.75, 3.05) is 23.3 Å². The largest absolute Gasteiger partial charge is 0.372 e. The first kappa shape index (κ1) is 18.2. The van der Waals surface area contributed by atoms with Gasteiger partial charge in [-0.05, 0) is 74.9 Å². The van der Waals surface area contributed by atoms with Crippen molar-refractivity contribution in [2.45, 2.75) is 45.4 Å². The molecule has 1 fully saturated rings. The van der Waals surface area contributed by atoms with Gasteiger partial charge in [0.1, 0.15) is 5.65 Å². The zero-order valence-electron chi connectivity index (χ0n) is 17.0. The molecule has 0 saturated carbocycles. The lowest BCUT2D eigenvalue weighted by Gasteiger charge is -2.29. The highest BCUT2D eigenvalue weighted by atomic mass is 16.1. The predicted octanol–water partition coefficient (Wildman–Crippen LogP) is 4.38. The van der Waals surface area contributed by atoms with Crippen LogP contribution in [0, 0.1) is 12.8 Å². The van der Waals surface area contributed by atoms with Crippen molar-refractivity contribution in [1.82, 2.24) is 9.38 Å². The first-order valence-electron chi connectivity index (χ1n) is 10.8. The van der Waals surface area contributed by atoms with Crippen LogP contribution in [-0.4, -0.2) is 28.4 Å². The Bertz CT molecular complexity index is 1030. The van der Waals surface area contributed by atoms with Gasteiger partial charge in [-0.1, -0.05) is 6.07 Å². The van der Waals surface area contributed by atoms with E-state index in [4.69, 9.17) is 4.98 Å². The van der Waals surface area contributed by atoms with E-state index in [2.05, 4.69) is 52.0 Å². The molecule has 5 rings (SSSR count). The molecule has 2 aromatic heterocycles. The fourth-order valence-electron chi connectivity index (χ4n) is 4.69. The summed E-state index contributed by atoms with van der Waals surface area (Å²) >= 11 is 0. The summed E-state index contributed by atoms with van der Waals surface area (Å²) in [4.78, 5) is 20.1. The first-order valence-corrected chi connectivity index (χ1v) is 10.8. The monoisotopic (exact) mass is 388 g/mol. The number of hydrogen-bond donors (Lipinski definition) is 1. The predicted molar refractivity (Wildman–Crippen MR) is 117 cm³/mol. The Morgan fingerprint density at radius 2 is 1.86 bits per heavy atom. The van der Waals surface area contributed by atoms with E-state index in [0.717, 1.165) is 49.4 Å². The molecule has 5 nitrogen and oxygen atoms in total. The Morgan fingerprint density at radius 3 is 2.66 bits per heavy atom. The molecular weight excluding hydrogens is 360 g/mol. The molecule has 1 amide bonds. The molecule has 1 aliphatic heterocycles. The fourth-order valence-corrected chi connectivity index (χ4v) is 4.69. The quantitative estimate of drug-likeness (QED) is 0.725. The number of fused-ring (bicyclic) bond motifs is 3. The van der Waals surface area contributed by atoms with Crippen LogP contribution >= 0.6 is 0 Å². The number of piperidine rings is 1. The Labute approximate surface area is 171 Å². The van der Waals surface area contributed by atoms with Gasteiger partial charge in [-0.25, -0.2) is 4.98 Å². The van der Waals surface area contributed by atoms with E-state index in [9.17, 15) is 4.79 Å². The number of hydrogen-bond acceptors (Lipinski definition) is 3. The summed E-state index contributed by atoms with van der Waals surface area (Å²) < 4.78 is 2.16. The van der Waals surface area contributed by atoms with E-state index in [1.807, 2.05) is 12.1 Å². The van der Waals surface area contributed by atoms with Crippen molar-refractivity contribution < 1.29 is 4.79 Å². The number of pyridine rings is 1. The molecule has 3 aromatic rings. The van der Waals surface area contributed by atoms with Crippen LogP contribution < -0.4 is 10.2 Å². The van der Waals surface area contributed by atoms with E-state index in [0.29, 0.717) is 0 Å². The molecule has 2 aliphatic rings. The van der Waals surface area contributed by atoms with Gasteiger partial charge in [0.05, 0.1) is 5.69 Å². The van der Waals surface area contributed by atoms with Gasteiger partial charge in [-0.3, -0.25) is 4.79 Å². The molecule has 150 valence electrons. The number of rotatable bonds is 3. The maximum Gasteiger partial charge on any atom is 0.227 e. The van der Waals surface area contributed by atoms with Crippen molar-refractivity contribution in [3.63, 3.8) is 0 Å². The summed E-state index contributed by atoms with van der Waals surface area (Å²) in [6, 6.07) is 12.5. The first-order chi connectivity index (χ1) is 14.2. The summed E-state index contributed by atoms with van der Waals surface area (Å²) in [5.41, 5.74) is 6.66. The second-order valence-electron chi connectivity index (χ2n) is 8.46. The van der Waals surface area contributed by atoms with E-state index < -0.39 is 0 Å². The number of amides is 1. The normalized spacial score (nSPS) is 19.2. The standard InChI is InChI=1S/C24H28N4O/c1-17-5-12-23-26-21-11-6-18(15-22(21)28(23)16-17)24(29)25-19-7-9-20(10-8-19)27-13-3-2-4-14-27/h5,7-10,12,16,18H,2-4,6,11,13-15H2,1H3,(H,25,29). The average molecular weight is 389 g/mol. The lowest BCUT2D eigenvalue weighted by atomic mass is 9.89. The number of aromatic nitrogens is 2. The minimum atomic E-state index is -0.00955. The lowest BCUT2D eigenvalue weighted by molar-refractivity contribution is -0.120. The third kappa shape index (κ3) is 3.61. The molecule has 0 bridgehead atoms. The van der Waals surface area contributed by atoms with Crippen molar-refractivity contribution in [2.24, 2.45) is 5.92 Å². The highest BCUT2D eigenvalue weighted by Gasteiger charge is 2.28. The Kier molecular flexibility index (Phi) is 4.74. The zero-order chi connectivity index (χ0) is 19.8. The fraction of sp³-hybridized carbons (Fsp3) is 0.417. The Hall–Kier alpha value is -2.82. The molecule has 3 heterocycles. The van der Waals surface area contributed by atoms with Crippen LogP contribution in [0.1, 0.15) is 42.6 Å². The van der Waals surface area contributed by atoms with E-state index in [-0.39, 0.29) is 11.8 Å². The Morgan fingerprint density at radius 1 is 1.07 bits per heavy atom. The summed E-state index contributed by atoms with van der Waals surface area (Å²) in [5.74, 6) is 0.105. The third-order valence-electron chi connectivity index (χ3n) is 6.34. The number of carbonyl (C=O) groups is 1. The van der Waals surface area contributed by atoms with Gasteiger partial charge >= 0.3 is 0 Å². The maximum atomic E-state index is 12.9. The number of anilines is 2. The molecule has 1 N–H and O–H groups in total. The van der Waals surface area contributed by atoms with Crippen LogP contribution in [0.4, 0.5) is 11.4 Å². The van der Waals surface area contributed by atoms with Crippen LogP contribution in [0.3, 0.4) is 0 Å². The molecule has 1 atom stereocenters. The van der Waals surface area contributed by atoms with Crippen LogP contribution in [0.5, 0.6) is 0 Å². The van der Waals surface area contributed by atoms with Crippen molar-refractivity contribution in [1.29, 1.82) is 0 Å². The lowest BCUT2D eigenvalue weighted by Crippen LogP contribution is -2.29. The minimum Gasteiger partial charge on any atom is -0.372 e. The number of benzene rings is 1. The summed E-state index contributed by atoms with van der Waals surface area (Å²) in [6.45, 7) is 4.36. The molecule has 1 aromatic carbocycles. The SMILES string of the molecule is Cc1ccc2nc3c(n2c1)CC(C(=O)Nc1ccc(N2CCCCC2)cc1)CC3. The van der Waals surface area contributed by atoms with Gasteiger partial charge in [0.2, 0.25) is 5.91 Å². The van der Waals surface area contributed by atoms with Crippen LogP contribution in [0.25, 0.3) is 5.65 Å². The van der Waals surface area contributed by atoms with Gasteiger partial charge in [-0.2, -0.15) is 0 Å². The van der Waals surface area contributed by atoms with E-state index in [1.54, 1.807) is 0 Å². The Balaban J connectivity index is 1.28. The summed E-state index contributed by atoms with van der Waals surface area (Å²) in [5, 5.41) is 3.14. The van der Waals surface area contributed by atoms with Crippen molar-refractivity contribution in [3.05, 3.63) is 59.5 Å². The third-order valence-corrected chi connectivity index (χ3v) is 6.34. The number of nitrogens with zero attached hydrogens (tertiary/aromatic N) is 3. The highest BCUT2D eigenvalue weighted by Crippen LogP contribution is 2.28. The van der Waals surface area contributed by atoms with Crippen molar-refractivity contribution in [3.8, 4) is 0 Å². The molecule has 0 spiro atoms. The highest BCUT2D eigenvalue weighted by molar-refractivity contribution is 5.93. The van der Waals surface area contributed by atoms with Crippen molar-refractivity contribution >= 4 is 22.9 Å². The number of aryl methyl sites for hydroxylation is 2. The number of imidazole rings is 1. The van der Waals surface area contributed by atoms with E-state index >= 15 is 0 Å². The molecule has 29 heavy (non-hydrogen) atoms. The molecule has 1 aliphatic carbocycles. The maximum absolute atomic E-state index is 12.9. The van der Waals surface area contributed by atoms with Crippen LogP contribution in [0.15, 0.2) is 42.6 Å². The topological polar surface area (TPSA) is 49.6 Å². The molecule has 5 heteroatoms.